The highest BCUT2D eigenvalue weighted by molar-refractivity contribution is 4.90. The first kappa shape index (κ1) is 7.72. The summed E-state index contributed by atoms with van der Waals surface area (Å²) in [4.78, 5) is 3.92. The number of nitrogens with two attached hydrogens (primary N) is 1. The van der Waals surface area contributed by atoms with Gasteiger partial charge in [0.05, 0.1) is 18.5 Å². The third-order valence-electron chi connectivity index (χ3n) is 2.20. The summed E-state index contributed by atoms with van der Waals surface area (Å²) in [5.74, 6) is 5.56. The van der Waals surface area contributed by atoms with Gasteiger partial charge in [-0.05, 0) is 0 Å². The van der Waals surface area contributed by atoms with Crippen molar-refractivity contribution in [1.82, 2.24) is 14.6 Å². The molecule has 1 aliphatic heterocycles. The Morgan fingerprint density at radius 1 is 1.50 bits per heavy atom. The van der Waals surface area contributed by atoms with Crippen LogP contribution in [0.5, 0.6) is 0 Å². The molecule has 0 saturated carbocycles. The van der Waals surface area contributed by atoms with Gasteiger partial charge in [-0.15, -0.1) is 0 Å². The van der Waals surface area contributed by atoms with Crippen molar-refractivity contribution >= 4 is 0 Å². The van der Waals surface area contributed by atoms with Crippen molar-refractivity contribution in [1.29, 1.82) is 0 Å². The van der Waals surface area contributed by atoms with Gasteiger partial charge in [-0.2, -0.15) is 0 Å². The summed E-state index contributed by atoms with van der Waals surface area (Å²) in [7, 11) is 0. The minimum absolute atomic E-state index is 0.0532. The molecule has 0 aromatic carbocycles. The minimum atomic E-state index is -0.385. The topological polar surface area (TPSA) is 67.3 Å². The fourth-order valence-corrected chi connectivity index (χ4v) is 1.56. The van der Waals surface area contributed by atoms with E-state index in [1.54, 1.807) is 17.5 Å². The average Bonchev–Trinajstić information content (AvgIpc) is 2.58. The summed E-state index contributed by atoms with van der Waals surface area (Å²) < 4.78 is 1.89. The molecule has 5 nitrogen and oxygen atoms in total. The molecule has 66 valence electrons. The maximum Gasteiger partial charge on any atom is 0.0949 e. The van der Waals surface area contributed by atoms with E-state index in [0.717, 1.165) is 0 Å². The molecule has 1 saturated heterocycles. The monoisotopic (exact) mass is 168 g/mol. The number of hydrogen-bond acceptors (Lipinski definition) is 4. The SMILES string of the molecule is NN1C[C@@H](O)[C@@H](n2ccnc2)C1. The molecule has 1 aromatic rings. The first-order valence-corrected chi connectivity index (χ1v) is 3.92. The normalized spacial score (nSPS) is 31.2. The number of aliphatic hydroxyl groups is 1. The summed E-state index contributed by atoms with van der Waals surface area (Å²) in [6, 6.07) is 0.0532. The van der Waals surface area contributed by atoms with Gasteiger partial charge in [0.2, 0.25) is 0 Å². The number of β-amino-alcohol motifs (C(OH)–C–C–N with tert-alkyl or cyclic N) is 1. The molecule has 1 aromatic heterocycles. The van der Waals surface area contributed by atoms with Gasteiger partial charge in [0.1, 0.15) is 0 Å². The molecule has 0 radical (unpaired) electrons. The van der Waals surface area contributed by atoms with Crippen LogP contribution in [0.25, 0.3) is 0 Å². The van der Waals surface area contributed by atoms with Crippen LogP contribution in [0.3, 0.4) is 0 Å². The highest BCUT2D eigenvalue weighted by Gasteiger charge is 2.30. The fraction of sp³-hybridized carbons (Fsp3) is 0.571. The third-order valence-corrected chi connectivity index (χ3v) is 2.20. The maximum absolute atomic E-state index is 9.56. The van der Waals surface area contributed by atoms with E-state index in [4.69, 9.17) is 5.84 Å². The van der Waals surface area contributed by atoms with E-state index >= 15 is 0 Å². The molecule has 0 aliphatic carbocycles. The summed E-state index contributed by atoms with van der Waals surface area (Å²) >= 11 is 0. The fourth-order valence-electron chi connectivity index (χ4n) is 1.56. The zero-order valence-electron chi connectivity index (χ0n) is 6.67. The third kappa shape index (κ3) is 1.22. The summed E-state index contributed by atoms with van der Waals surface area (Å²) in [6.07, 6.45) is 4.86. The lowest BCUT2D eigenvalue weighted by molar-refractivity contribution is 0.144. The van der Waals surface area contributed by atoms with Gasteiger partial charge in [-0.3, -0.25) is 5.84 Å². The smallest absolute Gasteiger partial charge is 0.0949 e. The molecule has 5 heteroatoms. The summed E-state index contributed by atoms with van der Waals surface area (Å²) in [5, 5.41) is 11.2. The predicted octanol–water partition coefficient (Wildman–Crippen LogP) is -1.03. The van der Waals surface area contributed by atoms with Crippen LogP contribution < -0.4 is 5.84 Å². The van der Waals surface area contributed by atoms with E-state index in [2.05, 4.69) is 4.98 Å². The molecular formula is C7H12N4O. The molecule has 0 amide bonds. The van der Waals surface area contributed by atoms with E-state index in [1.165, 1.54) is 0 Å². The van der Waals surface area contributed by atoms with E-state index in [-0.39, 0.29) is 12.1 Å². The molecule has 0 unspecified atom stereocenters. The van der Waals surface area contributed by atoms with Crippen molar-refractivity contribution in [3.05, 3.63) is 18.7 Å². The predicted molar refractivity (Wildman–Crippen MR) is 43.0 cm³/mol. The van der Waals surface area contributed by atoms with Crippen LogP contribution in [0.1, 0.15) is 6.04 Å². The lowest BCUT2D eigenvalue weighted by Crippen LogP contribution is -2.28. The molecule has 3 N–H and O–H groups in total. The summed E-state index contributed by atoms with van der Waals surface area (Å²) in [6.45, 7) is 1.21. The van der Waals surface area contributed by atoms with Gasteiger partial charge in [0, 0.05) is 25.5 Å². The second-order valence-corrected chi connectivity index (χ2v) is 3.10. The van der Waals surface area contributed by atoms with Crippen LogP contribution >= 0.6 is 0 Å². The van der Waals surface area contributed by atoms with Gasteiger partial charge in [-0.1, -0.05) is 0 Å². The quantitative estimate of drug-likeness (QED) is 0.526. The van der Waals surface area contributed by atoms with Gasteiger partial charge in [-0.25, -0.2) is 9.99 Å². The Morgan fingerprint density at radius 3 is 2.83 bits per heavy atom. The van der Waals surface area contributed by atoms with Crippen LogP contribution in [0, 0.1) is 0 Å². The highest BCUT2D eigenvalue weighted by Crippen LogP contribution is 2.18. The molecular weight excluding hydrogens is 156 g/mol. The number of nitrogens with zero attached hydrogens (tertiary/aromatic N) is 3. The van der Waals surface area contributed by atoms with Crippen LogP contribution in [0.4, 0.5) is 0 Å². The van der Waals surface area contributed by atoms with Gasteiger partial charge in [0.25, 0.3) is 0 Å². The van der Waals surface area contributed by atoms with Crippen molar-refractivity contribution in [2.75, 3.05) is 13.1 Å². The second kappa shape index (κ2) is 2.85. The van der Waals surface area contributed by atoms with Crippen LogP contribution in [0.15, 0.2) is 18.7 Å². The molecule has 12 heavy (non-hydrogen) atoms. The molecule has 1 fully saturated rings. The zero-order valence-corrected chi connectivity index (χ0v) is 6.67. The number of aromatic nitrogens is 2. The highest BCUT2D eigenvalue weighted by atomic mass is 16.3. The van der Waals surface area contributed by atoms with Crippen LogP contribution in [0.2, 0.25) is 0 Å². The van der Waals surface area contributed by atoms with Crippen LogP contribution in [-0.2, 0) is 0 Å². The standard InChI is InChI=1S/C7H12N4O/c8-11-3-6(7(12)4-11)10-2-1-9-5-10/h1-2,5-7,12H,3-4,8H2/t6-,7+/m0/s1. The minimum Gasteiger partial charge on any atom is -0.390 e. The van der Waals surface area contributed by atoms with E-state index in [1.807, 2.05) is 10.8 Å². The Bertz CT molecular complexity index is 248. The molecule has 0 bridgehead atoms. The Morgan fingerprint density at radius 2 is 2.33 bits per heavy atom. The van der Waals surface area contributed by atoms with Gasteiger partial charge in [0.15, 0.2) is 0 Å². The maximum atomic E-state index is 9.56. The zero-order chi connectivity index (χ0) is 8.55. The first-order chi connectivity index (χ1) is 5.77. The van der Waals surface area contributed by atoms with Crippen LogP contribution in [-0.4, -0.2) is 38.9 Å². The Kier molecular flexibility index (Phi) is 1.84. The van der Waals surface area contributed by atoms with Gasteiger partial charge >= 0.3 is 0 Å². The van der Waals surface area contributed by atoms with Crippen molar-refractivity contribution in [2.45, 2.75) is 12.1 Å². The van der Waals surface area contributed by atoms with Crippen molar-refractivity contribution in [2.24, 2.45) is 5.84 Å². The lowest BCUT2D eigenvalue weighted by Gasteiger charge is -2.13. The lowest BCUT2D eigenvalue weighted by atomic mass is 10.2. The molecule has 0 spiro atoms. The van der Waals surface area contributed by atoms with Crippen molar-refractivity contribution in [3.63, 3.8) is 0 Å². The largest absolute Gasteiger partial charge is 0.390 e. The first-order valence-electron chi connectivity index (χ1n) is 3.92. The van der Waals surface area contributed by atoms with Gasteiger partial charge < -0.3 is 9.67 Å². The van der Waals surface area contributed by atoms with E-state index in [0.29, 0.717) is 13.1 Å². The number of imidazole rings is 1. The van der Waals surface area contributed by atoms with E-state index < -0.39 is 0 Å². The van der Waals surface area contributed by atoms with Crippen molar-refractivity contribution in [3.8, 4) is 0 Å². The molecule has 2 atom stereocenters. The van der Waals surface area contributed by atoms with E-state index in [9.17, 15) is 5.11 Å². The molecule has 2 heterocycles. The Hall–Kier alpha value is -0.910. The number of aliphatic hydroxyl groups excluding tert-OH is 1. The summed E-state index contributed by atoms with van der Waals surface area (Å²) in [5.41, 5.74) is 0. The molecule has 2 rings (SSSR count). The number of hydrogen-bond donors (Lipinski definition) is 2. The average molecular weight is 168 g/mol. The van der Waals surface area contributed by atoms with Crippen molar-refractivity contribution < 1.29 is 5.11 Å². The number of rotatable bonds is 1. The Labute approximate surface area is 70.4 Å². The Balaban J connectivity index is 2.15. The number of hydrazine groups is 1. The second-order valence-electron chi connectivity index (χ2n) is 3.10. The molecule has 1 aliphatic rings.